The van der Waals surface area contributed by atoms with Gasteiger partial charge < -0.3 is 15.8 Å². The van der Waals surface area contributed by atoms with Crippen LogP contribution in [-0.2, 0) is 17.5 Å². The molecule has 0 aliphatic carbocycles. The topological polar surface area (TPSA) is 173 Å². The number of tetrazole rings is 1. The summed E-state index contributed by atoms with van der Waals surface area (Å²) >= 11 is 6.25. The predicted molar refractivity (Wildman–Crippen MR) is 127 cm³/mol. The number of pyridine rings is 1. The van der Waals surface area contributed by atoms with Crippen LogP contribution in [0.1, 0.15) is 48.3 Å². The number of anilines is 1. The number of hydrogen-bond donors (Lipinski definition) is 2. The summed E-state index contributed by atoms with van der Waals surface area (Å²) in [6, 6.07) is 6.84. The summed E-state index contributed by atoms with van der Waals surface area (Å²) in [7, 11) is 1.16. The van der Waals surface area contributed by atoms with Gasteiger partial charge in [-0.25, -0.2) is 14.5 Å². The van der Waals surface area contributed by atoms with Crippen molar-refractivity contribution in [3.63, 3.8) is 0 Å². The van der Waals surface area contributed by atoms with Gasteiger partial charge in [-0.2, -0.15) is 23.1 Å². The van der Waals surface area contributed by atoms with Crippen molar-refractivity contribution in [1.29, 1.82) is 0 Å². The minimum atomic E-state index is -4.80. The minimum absolute atomic E-state index is 0.00864. The molecule has 17 heteroatoms. The summed E-state index contributed by atoms with van der Waals surface area (Å²) in [4.78, 5) is 42.3. The van der Waals surface area contributed by atoms with Crippen LogP contribution in [0, 0.1) is 6.92 Å². The number of methoxy groups -OCH3 is 1. The third-order valence-electron chi connectivity index (χ3n) is 5.20. The van der Waals surface area contributed by atoms with Gasteiger partial charge in [0.05, 0.1) is 34.6 Å². The van der Waals surface area contributed by atoms with Gasteiger partial charge in [-0.3, -0.25) is 9.59 Å². The van der Waals surface area contributed by atoms with E-state index in [2.05, 4.69) is 35.5 Å². The summed E-state index contributed by atoms with van der Waals surface area (Å²) in [5.41, 5.74) is 5.57. The van der Waals surface area contributed by atoms with Gasteiger partial charge in [0.25, 0.3) is 17.6 Å². The lowest BCUT2D eigenvalue weighted by Gasteiger charge is -2.14. The van der Waals surface area contributed by atoms with Crippen molar-refractivity contribution >= 4 is 35.1 Å². The van der Waals surface area contributed by atoms with Crippen molar-refractivity contribution in [1.82, 2.24) is 35.0 Å². The number of halogens is 4. The molecule has 1 aromatic carbocycles. The van der Waals surface area contributed by atoms with Gasteiger partial charge >= 0.3 is 12.1 Å². The second kappa shape index (κ2) is 10.5. The van der Waals surface area contributed by atoms with E-state index >= 15 is 0 Å². The van der Waals surface area contributed by atoms with Crippen LogP contribution in [0.3, 0.4) is 0 Å². The molecule has 0 aliphatic rings. The summed E-state index contributed by atoms with van der Waals surface area (Å²) in [6.45, 7) is 1.14. The molecule has 202 valence electrons. The summed E-state index contributed by atoms with van der Waals surface area (Å²) in [5, 5.41) is 16.5. The Hall–Kier alpha value is -4.86. The first-order valence-corrected chi connectivity index (χ1v) is 11.2. The highest BCUT2D eigenvalue weighted by atomic mass is 35.5. The number of amides is 2. The Morgan fingerprint density at radius 3 is 2.54 bits per heavy atom. The Morgan fingerprint density at radius 2 is 1.92 bits per heavy atom. The van der Waals surface area contributed by atoms with Crippen molar-refractivity contribution in [2.24, 2.45) is 5.73 Å². The number of nitrogens with one attached hydrogen (secondary N) is 1. The van der Waals surface area contributed by atoms with E-state index in [4.69, 9.17) is 17.3 Å². The molecule has 0 atom stereocenters. The SMILES string of the molecule is COC(=O)c1cc(C)c(NC(=O)c2cc(Cn3nnc(C(F)(F)F)n3)nn2-c2ncccc2Cl)c(C(N)=O)c1. The van der Waals surface area contributed by atoms with Crippen LogP contribution in [0.2, 0.25) is 5.02 Å². The fraction of sp³-hybridized carbons (Fsp3) is 0.182. The van der Waals surface area contributed by atoms with Gasteiger partial charge in [0.15, 0.2) is 5.82 Å². The Kier molecular flexibility index (Phi) is 7.31. The number of ether oxygens (including phenoxy) is 1. The Bertz CT molecular complexity index is 1600. The standard InChI is InChI=1S/C22H17ClF3N9O4/c1-10-6-11(20(38)39-2)7-13(17(27)36)16(10)29-19(37)15-8-12(9-34-32-21(30-33-34)22(24,25)26)31-35(15)18-14(23)4-3-5-28-18/h3-8H,9H2,1-2H3,(H2,27,36)(H,29,37). The first kappa shape index (κ1) is 27.2. The number of benzene rings is 1. The van der Waals surface area contributed by atoms with Crippen LogP contribution < -0.4 is 11.1 Å². The van der Waals surface area contributed by atoms with E-state index in [-0.39, 0.29) is 45.6 Å². The average Bonchev–Trinajstić information content (AvgIpc) is 3.52. The van der Waals surface area contributed by atoms with Crippen LogP contribution >= 0.6 is 11.6 Å². The molecule has 0 bridgehead atoms. The first-order valence-electron chi connectivity index (χ1n) is 10.8. The highest BCUT2D eigenvalue weighted by Gasteiger charge is 2.37. The lowest BCUT2D eigenvalue weighted by Crippen LogP contribution is -2.22. The van der Waals surface area contributed by atoms with Gasteiger partial charge in [-0.15, -0.1) is 10.2 Å². The third kappa shape index (κ3) is 5.69. The zero-order valence-electron chi connectivity index (χ0n) is 20.0. The first-order chi connectivity index (χ1) is 18.4. The molecule has 0 spiro atoms. The molecule has 3 heterocycles. The van der Waals surface area contributed by atoms with E-state index in [0.29, 0.717) is 10.4 Å². The van der Waals surface area contributed by atoms with Gasteiger partial charge in [0.2, 0.25) is 0 Å². The van der Waals surface area contributed by atoms with Gasteiger partial charge in [0.1, 0.15) is 12.2 Å². The average molecular weight is 564 g/mol. The molecule has 0 saturated heterocycles. The molecule has 0 unspecified atom stereocenters. The lowest BCUT2D eigenvalue weighted by molar-refractivity contribution is -0.145. The second-order valence-corrected chi connectivity index (χ2v) is 8.32. The molecule has 0 radical (unpaired) electrons. The Labute approximate surface area is 221 Å². The number of hydrogen-bond acceptors (Lipinski definition) is 9. The number of rotatable bonds is 7. The number of aryl methyl sites for hydroxylation is 1. The monoisotopic (exact) mass is 563 g/mol. The molecular formula is C22H17ClF3N9O4. The summed E-state index contributed by atoms with van der Waals surface area (Å²) in [6.07, 6.45) is -3.41. The van der Waals surface area contributed by atoms with Crippen LogP contribution in [0.25, 0.3) is 5.82 Å². The van der Waals surface area contributed by atoms with Crippen molar-refractivity contribution < 1.29 is 32.3 Å². The van der Waals surface area contributed by atoms with Gasteiger partial charge in [-0.1, -0.05) is 11.6 Å². The van der Waals surface area contributed by atoms with E-state index in [1.807, 2.05) is 0 Å². The molecule has 39 heavy (non-hydrogen) atoms. The zero-order chi connectivity index (χ0) is 28.5. The van der Waals surface area contributed by atoms with Crippen molar-refractivity contribution in [2.75, 3.05) is 12.4 Å². The smallest absolute Gasteiger partial charge is 0.455 e. The van der Waals surface area contributed by atoms with Gasteiger partial charge in [0, 0.05) is 6.20 Å². The number of esters is 1. The van der Waals surface area contributed by atoms with Gasteiger partial charge in [-0.05, 0) is 48.0 Å². The maximum Gasteiger partial charge on any atom is 0.455 e. The van der Waals surface area contributed by atoms with Crippen LogP contribution in [-0.4, -0.2) is 59.9 Å². The number of primary amides is 1. The maximum absolute atomic E-state index is 13.4. The normalized spacial score (nSPS) is 11.3. The lowest BCUT2D eigenvalue weighted by atomic mass is 10.0. The van der Waals surface area contributed by atoms with E-state index in [1.54, 1.807) is 6.07 Å². The van der Waals surface area contributed by atoms with Crippen LogP contribution in [0.5, 0.6) is 0 Å². The van der Waals surface area contributed by atoms with Crippen LogP contribution in [0.4, 0.5) is 18.9 Å². The highest BCUT2D eigenvalue weighted by Crippen LogP contribution is 2.27. The number of nitrogens with two attached hydrogens (primary N) is 1. The molecule has 3 N–H and O–H groups in total. The maximum atomic E-state index is 13.4. The molecule has 0 saturated carbocycles. The fourth-order valence-electron chi connectivity index (χ4n) is 3.49. The Balaban J connectivity index is 1.75. The number of carbonyl (C=O) groups is 3. The van der Waals surface area contributed by atoms with Crippen molar-refractivity contribution in [3.05, 3.63) is 75.5 Å². The second-order valence-electron chi connectivity index (χ2n) is 7.91. The van der Waals surface area contributed by atoms with E-state index in [9.17, 15) is 27.6 Å². The largest absolute Gasteiger partial charge is 0.465 e. The molecule has 3 aromatic heterocycles. The molecule has 4 rings (SSSR count). The van der Waals surface area contributed by atoms with E-state index in [1.165, 1.54) is 37.4 Å². The minimum Gasteiger partial charge on any atom is -0.465 e. The molecule has 0 aliphatic heterocycles. The van der Waals surface area contributed by atoms with E-state index in [0.717, 1.165) is 11.8 Å². The fourth-order valence-corrected chi connectivity index (χ4v) is 3.69. The summed E-state index contributed by atoms with van der Waals surface area (Å²) < 4.78 is 44.3. The third-order valence-corrected chi connectivity index (χ3v) is 5.50. The van der Waals surface area contributed by atoms with Crippen LogP contribution in [0.15, 0.2) is 36.5 Å². The zero-order valence-corrected chi connectivity index (χ0v) is 20.8. The number of nitrogens with zero attached hydrogens (tertiary/aromatic N) is 7. The number of carbonyl (C=O) groups excluding carboxylic acids is 3. The molecule has 13 nitrogen and oxygen atoms in total. The number of alkyl halides is 3. The van der Waals surface area contributed by atoms with Crippen molar-refractivity contribution in [2.45, 2.75) is 19.6 Å². The molecule has 2 amide bonds. The summed E-state index contributed by atoms with van der Waals surface area (Å²) in [5.74, 6) is -3.88. The van der Waals surface area contributed by atoms with Crippen molar-refractivity contribution in [3.8, 4) is 5.82 Å². The quantitative estimate of drug-likeness (QED) is 0.320. The predicted octanol–water partition coefficient (Wildman–Crippen LogP) is 2.42. The molecule has 0 fully saturated rings. The molecule has 4 aromatic rings. The molecular weight excluding hydrogens is 547 g/mol. The number of aromatic nitrogens is 7. The Morgan fingerprint density at radius 1 is 1.18 bits per heavy atom. The highest BCUT2D eigenvalue weighted by molar-refractivity contribution is 6.32. The van der Waals surface area contributed by atoms with E-state index < -0.39 is 29.8 Å².